The highest BCUT2D eigenvalue weighted by Gasteiger charge is 2.46. The molecule has 82 heavy (non-hydrogen) atoms. The molecular formula is C49H81Cl6N4O21PS. The normalized spacial score (nSPS) is 27.3. The average Bonchev–Trinajstić information content (AvgIpc) is 4.21. The third-order valence-corrected chi connectivity index (χ3v) is 15.3. The molecule has 15 unspecified atom stereocenters. The van der Waals surface area contributed by atoms with E-state index in [1.54, 1.807) is 7.11 Å². The first-order valence-corrected chi connectivity index (χ1v) is 30.6. The first-order valence-electron chi connectivity index (χ1n) is 25.8. The lowest BCUT2D eigenvalue weighted by Crippen LogP contribution is -2.38. The molecule has 0 saturated carbocycles. The van der Waals surface area contributed by atoms with Gasteiger partial charge in [0.1, 0.15) is 49.3 Å². The Morgan fingerprint density at radius 3 is 1.27 bits per heavy atom. The van der Waals surface area contributed by atoms with E-state index in [2.05, 4.69) is 20.8 Å². The van der Waals surface area contributed by atoms with E-state index in [9.17, 15) is 33.9 Å². The standard InChI is InChI=1S/C23H36Cl3N2O10PS.C13H20Cl3NO6.C12H21NO5.CH4/c1-14-10-16(36-21(30)7-6-20(29)28-4)19(35-14)13-32-22(23(24,25)26)38-39(40,33-9-8-27-3)37-17-11-15(2)34-18(17)12-31-5;1-7-5-8(23-11(19)4-3-10(18)17-2)9(22-7)6-21-12(20)13(14,15)16;1-8-6-9(10(17-8)7-16-3)18-12(15)5-4-11(14)13-2;/h14-19,22H,6-13H2,1-2,4-5H3,(H,28,29);7-9,12,20H,3-6H2,1-2H3,(H,17,18);8-10H,4-7H2,1-3H3,(H,13,14);1H4. The van der Waals surface area contributed by atoms with E-state index in [0.717, 1.165) is 0 Å². The number of nitrogens with zero attached hydrogens (tertiary/aromatic N) is 1. The summed E-state index contributed by atoms with van der Waals surface area (Å²) in [5.41, 5.74) is 0. The predicted molar refractivity (Wildman–Crippen MR) is 306 cm³/mol. The smallest absolute Gasteiger partial charge is 0.330 e. The highest BCUT2D eigenvalue weighted by atomic mass is 35.6. The van der Waals surface area contributed by atoms with Crippen LogP contribution in [0.5, 0.6) is 0 Å². The van der Waals surface area contributed by atoms with Crippen molar-refractivity contribution in [1.29, 1.82) is 0 Å². The Kier molecular flexibility index (Phi) is 38.1. The molecule has 0 radical (unpaired) electrons. The minimum Gasteiger partial charge on any atom is -0.459 e. The molecule has 0 aliphatic carbocycles. The molecule has 0 aromatic heterocycles. The number of carbonyl (C=O) groups excluding carboxylic acids is 6. The second-order valence-electron chi connectivity index (χ2n) is 18.7. The van der Waals surface area contributed by atoms with Crippen molar-refractivity contribution in [1.82, 2.24) is 16.0 Å². The number of halogens is 6. The van der Waals surface area contributed by atoms with Crippen molar-refractivity contribution in [3.05, 3.63) is 11.4 Å². The van der Waals surface area contributed by atoms with E-state index < -0.39 is 75.4 Å². The van der Waals surface area contributed by atoms with Crippen LogP contribution in [0.2, 0.25) is 0 Å². The number of ether oxygens (including phenoxy) is 11. The number of carbonyl (C=O) groups is 6. The maximum Gasteiger partial charge on any atom is 0.330 e. The van der Waals surface area contributed by atoms with E-state index >= 15 is 0 Å². The van der Waals surface area contributed by atoms with Crippen molar-refractivity contribution >= 4 is 124 Å². The maximum atomic E-state index is 12.3. The molecule has 0 bridgehead atoms. The number of esters is 3. The summed E-state index contributed by atoms with van der Waals surface area (Å²) in [7, 11) is 7.62. The van der Waals surface area contributed by atoms with Crippen LogP contribution in [0, 0.1) is 6.57 Å². The van der Waals surface area contributed by atoms with Gasteiger partial charge >= 0.3 is 24.6 Å². The molecule has 4 aliphatic rings. The fourth-order valence-electron chi connectivity index (χ4n) is 8.00. The molecule has 4 N–H and O–H groups in total. The molecule has 4 aliphatic heterocycles. The van der Waals surface area contributed by atoms with Crippen molar-refractivity contribution in [3.8, 4) is 0 Å². The van der Waals surface area contributed by atoms with E-state index in [1.165, 1.54) is 28.3 Å². The number of aliphatic hydroxyl groups excluding tert-OH is 1. The SMILES string of the molecule is C.CNC(=O)CCC(=O)OC1CC(C)OC1COC.CNC(=O)CCC(=O)OC1CC(C)OC1COC(O)C(Cl)(Cl)Cl.[C-]#[N+]CCOP(=S)(OC1CC(C)OC1COC)OC(OCC1OC(C)CC1OC(=O)CCC(=O)NC)C(Cl)(Cl)Cl. The molecule has 0 aromatic carbocycles. The molecule has 0 spiro atoms. The van der Waals surface area contributed by atoms with Crippen molar-refractivity contribution in [3.63, 3.8) is 0 Å². The van der Waals surface area contributed by atoms with Gasteiger partial charge in [0.15, 0.2) is 0 Å². The summed E-state index contributed by atoms with van der Waals surface area (Å²) in [4.78, 5) is 72.4. The molecule has 4 rings (SSSR count). The van der Waals surface area contributed by atoms with Gasteiger partial charge in [-0.2, -0.15) is 0 Å². The second-order valence-corrected chi connectivity index (χ2v) is 26.4. The van der Waals surface area contributed by atoms with Crippen LogP contribution in [0.4, 0.5) is 0 Å². The lowest BCUT2D eigenvalue weighted by atomic mass is 10.1. The first-order chi connectivity index (χ1) is 38.0. The summed E-state index contributed by atoms with van der Waals surface area (Å²) >= 11 is 40.7. The largest absolute Gasteiger partial charge is 0.459 e. The minimum atomic E-state index is -3.66. The van der Waals surface area contributed by atoms with E-state index in [1.807, 2.05) is 27.7 Å². The number of amides is 3. The quantitative estimate of drug-likeness (QED) is 0.0129. The van der Waals surface area contributed by atoms with E-state index in [0.29, 0.717) is 32.3 Å². The number of nitrogens with one attached hydrogen (secondary N) is 3. The summed E-state index contributed by atoms with van der Waals surface area (Å²) in [5.74, 6) is -2.13. The molecule has 4 heterocycles. The number of alkyl halides is 6. The van der Waals surface area contributed by atoms with Crippen LogP contribution < -0.4 is 16.0 Å². The lowest BCUT2D eigenvalue weighted by Gasteiger charge is -2.33. The molecule has 4 fully saturated rings. The minimum absolute atomic E-state index is 0. The molecule has 4 saturated heterocycles. The van der Waals surface area contributed by atoms with Crippen molar-refractivity contribution in [2.45, 2.75) is 193 Å². The molecule has 3 amide bonds. The van der Waals surface area contributed by atoms with Gasteiger partial charge in [-0.3, -0.25) is 33.3 Å². The Bertz CT molecular complexity index is 2050. The molecule has 33 heteroatoms. The predicted octanol–water partition coefficient (Wildman–Crippen LogP) is 5.89. The van der Waals surface area contributed by atoms with Gasteiger partial charge in [-0.15, -0.1) is 0 Å². The molecular weight excluding hydrogens is 1260 g/mol. The number of hydrogen-bond acceptors (Lipinski definition) is 22. The van der Waals surface area contributed by atoms with Crippen LogP contribution in [-0.4, -0.2) is 209 Å². The van der Waals surface area contributed by atoms with Crippen molar-refractivity contribution < 1.29 is 99.6 Å². The van der Waals surface area contributed by atoms with Gasteiger partial charge in [0.2, 0.25) is 44.4 Å². The fraction of sp³-hybridized carbons (Fsp3) is 0.857. The average molecular weight is 1340 g/mol. The van der Waals surface area contributed by atoms with Crippen LogP contribution in [0.3, 0.4) is 0 Å². The third kappa shape index (κ3) is 30.7. The number of hydrogen-bond donors (Lipinski definition) is 4. The Morgan fingerprint density at radius 1 is 0.598 bits per heavy atom. The number of rotatable bonds is 29. The van der Waals surface area contributed by atoms with Gasteiger partial charge in [-0.1, -0.05) is 77.0 Å². The Balaban J connectivity index is 0.000000675. The van der Waals surface area contributed by atoms with Crippen LogP contribution in [-0.2, 0) is 106 Å². The Hall–Kier alpha value is -1.78. The number of aliphatic hydroxyl groups is 1. The fourth-order valence-corrected chi connectivity index (χ4v) is 11.0. The Morgan fingerprint density at radius 2 is 0.939 bits per heavy atom. The summed E-state index contributed by atoms with van der Waals surface area (Å²) in [6.45, 7) is 11.1. The van der Waals surface area contributed by atoms with Gasteiger partial charge in [0, 0.05) is 80.3 Å². The van der Waals surface area contributed by atoms with Gasteiger partial charge in [0.25, 0.3) is 0 Å². The van der Waals surface area contributed by atoms with Crippen molar-refractivity contribution in [2.75, 3.05) is 74.9 Å². The van der Waals surface area contributed by atoms with Crippen molar-refractivity contribution in [2.24, 2.45) is 0 Å². The van der Waals surface area contributed by atoms with Gasteiger partial charge in [-0.25, -0.2) is 6.57 Å². The topological polar surface area (TPSA) is 292 Å². The zero-order valence-corrected chi connectivity index (χ0v) is 52.8. The summed E-state index contributed by atoms with van der Waals surface area (Å²) in [6, 6.07) is 0. The zero-order valence-electron chi connectivity index (χ0n) is 46.6. The van der Waals surface area contributed by atoms with Gasteiger partial charge in [-0.05, 0) is 39.5 Å². The lowest BCUT2D eigenvalue weighted by molar-refractivity contribution is -0.161. The third-order valence-electron chi connectivity index (χ3n) is 11.9. The van der Waals surface area contributed by atoms with Crippen LogP contribution >= 0.6 is 76.3 Å². The number of methoxy groups -OCH3 is 2. The van der Waals surface area contributed by atoms with Crippen LogP contribution in [0.15, 0.2) is 0 Å². The highest BCUT2D eigenvalue weighted by molar-refractivity contribution is 8.07. The summed E-state index contributed by atoms with van der Waals surface area (Å²) in [6.07, 6.45) is -5.46. The Labute approximate surface area is 515 Å². The van der Waals surface area contributed by atoms with Crippen LogP contribution in [0.25, 0.3) is 4.85 Å². The summed E-state index contributed by atoms with van der Waals surface area (Å²) < 4.78 is 73.7. The molecule has 25 nitrogen and oxygen atoms in total. The van der Waals surface area contributed by atoms with Gasteiger partial charge < -0.3 is 87.1 Å². The molecule has 476 valence electrons. The van der Waals surface area contributed by atoms with Gasteiger partial charge in [0.05, 0.1) is 76.2 Å². The first kappa shape index (κ1) is 78.2. The molecule has 0 aromatic rings. The van der Waals surface area contributed by atoms with Crippen LogP contribution in [0.1, 0.15) is 99.3 Å². The maximum absolute atomic E-state index is 12.3. The van der Waals surface area contributed by atoms with E-state index in [4.69, 9.17) is 154 Å². The zero-order chi connectivity index (χ0) is 61.1. The second kappa shape index (κ2) is 39.9. The molecule has 15 atom stereocenters. The highest BCUT2D eigenvalue weighted by Crippen LogP contribution is 2.56. The monoisotopic (exact) mass is 1330 g/mol. The summed E-state index contributed by atoms with van der Waals surface area (Å²) in [5, 5.41) is 16.9. The van der Waals surface area contributed by atoms with E-state index in [-0.39, 0.29) is 139 Å².